The largest absolute Gasteiger partial charge is 0.394 e. The minimum Gasteiger partial charge on any atom is -0.394 e. The van der Waals surface area contributed by atoms with E-state index in [0.717, 1.165) is 28.2 Å². The van der Waals surface area contributed by atoms with Crippen LogP contribution in [0.2, 0.25) is 0 Å². The molecular weight excluding hydrogens is 364 g/mol. The molecule has 4 rings (SSSR count). The quantitative estimate of drug-likeness (QED) is 0.500. The Morgan fingerprint density at radius 1 is 1.00 bits per heavy atom. The molecular formula is C23H24N4O2. The molecule has 29 heavy (non-hydrogen) atoms. The van der Waals surface area contributed by atoms with Gasteiger partial charge in [-0.25, -0.2) is 9.97 Å². The molecule has 1 N–H and O–H groups in total. The number of benzene rings is 2. The van der Waals surface area contributed by atoms with E-state index < -0.39 is 0 Å². The lowest BCUT2D eigenvalue weighted by Gasteiger charge is -2.20. The summed E-state index contributed by atoms with van der Waals surface area (Å²) in [6, 6.07) is 19.8. The van der Waals surface area contributed by atoms with Gasteiger partial charge >= 0.3 is 0 Å². The molecule has 0 aliphatic carbocycles. The van der Waals surface area contributed by atoms with Crippen molar-refractivity contribution in [1.82, 2.24) is 19.1 Å². The summed E-state index contributed by atoms with van der Waals surface area (Å²) >= 11 is 0. The van der Waals surface area contributed by atoms with Crippen molar-refractivity contribution < 1.29 is 9.84 Å². The van der Waals surface area contributed by atoms with E-state index in [1.54, 1.807) is 12.7 Å². The first-order chi connectivity index (χ1) is 14.3. The maximum absolute atomic E-state index is 10.1. The normalized spacial score (nSPS) is 12.2. The molecule has 0 fully saturated rings. The molecule has 0 amide bonds. The van der Waals surface area contributed by atoms with Gasteiger partial charge in [-0.05, 0) is 5.56 Å². The molecule has 0 radical (unpaired) electrons. The molecule has 0 bridgehead atoms. The molecule has 0 unspecified atom stereocenters. The monoisotopic (exact) mass is 388 g/mol. The van der Waals surface area contributed by atoms with Crippen LogP contribution in [0, 0.1) is 0 Å². The van der Waals surface area contributed by atoms with Gasteiger partial charge in [0.25, 0.3) is 0 Å². The summed E-state index contributed by atoms with van der Waals surface area (Å²) in [5, 5.41) is 10.1. The van der Waals surface area contributed by atoms with Gasteiger partial charge in [-0.1, -0.05) is 60.7 Å². The summed E-state index contributed by atoms with van der Waals surface area (Å²) in [4.78, 5) is 8.94. The molecule has 6 heteroatoms. The first-order valence-electron chi connectivity index (χ1n) is 9.59. The molecule has 6 nitrogen and oxygen atoms in total. The average molecular weight is 388 g/mol. The summed E-state index contributed by atoms with van der Waals surface area (Å²) in [5.74, 6) is 0. The summed E-state index contributed by atoms with van der Waals surface area (Å²) in [6.07, 6.45) is 5.36. The Morgan fingerprint density at radius 3 is 2.38 bits per heavy atom. The topological polar surface area (TPSA) is 65.1 Å². The van der Waals surface area contributed by atoms with Crippen LogP contribution in [0.3, 0.4) is 0 Å². The molecule has 0 aliphatic rings. The SMILES string of the molecule is Cn1cncc1-c1c(-c2ccccc2)ncn1[C@H](CO)COCc1ccccc1. The zero-order valence-corrected chi connectivity index (χ0v) is 16.3. The third-order valence-corrected chi connectivity index (χ3v) is 4.93. The summed E-state index contributed by atoms with van der Waals surface area (Å²) in [5.41, 5.74) is 4.83. The number of imidazole rings is 2. The zero-order chi connectivity index (χ0) is 20.1. The number of rotatable bonds is 8. The molecule has 0 aliphatic heterocycles. The molecule has 2 aromatic heterocycles. The predicted octanol–water partition coefficient (Wildman–Crippen LogP) is 3.70. The van der Waals surface area contributed by atoms with E-state index in [4.69, 9.17) is 4.74 Å². The number of ether oxygens (including phenoxy) is 1. The van der Waals surface area contributed by atoms with Crippen molar-refractivity contribution >= 4 is 0 Å². The van der Waals surface area contributed by atoms with E-state index in [1.165, 1.54) is 0 Å². The lowest BCUT2D eigenvalue weighted by atomic mass is 10.1. The van der Waals surface area contributed by atoms with E-state index in [-0.39, 0.29) is 12.6 Å². The first-order valence-corrected chi connectivity index (χ1v) is 9.59. The lowest BCUT2D eigenvalue weighted by Crippen LogP contribution is -2.20. The highest BCUT2D eigenvalue weighted by molar-refractivity contribution is 5.76. The Labute approximate surface area is 170 Å². The Hall–Kier alpha value is -3.22. The van der Waals surface area contributed by atoms with Crippen LogP contribution in [0.1, 0.15) is 11.6 Å². The fourth-order valence-corrected chi connectivity index (χ4v) is 3.39. The van der Waals surface area contributed by atoms with Gasteiger partial charge in [0.2, 0.25) is 0 Å². The summed E-state index contributed by atoms with van der Waals surface area (Å²) < 4.78 is 9.86. The number of nitrogens with zero attached hydrogens (tertiary/aromatic N) is 4. The third kappa shape index (κ3) is 4.13. The van der Waals surface area contributed by atoms with Gasteiger partial charge < -0.3 is 19.0 Å². The van der Waals surface area contributed by atoms with Crippen molar-refractivity contribution in [2.45, 2.75) is 12.6 Å². The van der Waals surface area contributed by atoms with Crippen LogP contribution in [0.25, 0.3) is 22.6 Å². The Morgan fingerprint density at radius 2 is 1.72 bits per heavy atom. The number of aliphatic hydroxyl groups excluding tert-OH is 1. The second-order valence-corrected chi connectivity index (χ2v) is 6.94. The Balaban J connectivity index is 1.65. The average Bonchev–Trinajstić information content (AvgIpc) is 3.38. The number of aliphatic hydroxyl groups is 1. The van der Waals surface area contributed by atoms with Crippen LogP contribution in [0.15, 0.2) is 79.5 Å². The number of aromatic nitrogens is 4. The second kappa shape index (κ2) is 8.86. The fraction of sp³-hybridized carbons (Fsp3) is 0.217. The number of hydrogen-bond acceptors (Lipinski definition) is 4. The minimum atomic E-state index is -0.256. The summed E-state index contributed by atoms with van der Waals surface area (Å²) in [7, 11) is 1.95. The van der Waals surface area contributed by atoms with Gasteiger partial charge in [0, 0.05) is 12.6 Å². The molecule has 148 valence electrons. The maximum atomic E-state index is 10.1. The number of aryl methyl sites for hydroxylation is 1. The van der Waals surface area contributed by atoms with Gasteiger partial charge in [0.15, 0.2) is 0 Å². The van der Waals surface area contributed by atoms with Crippen LogP contribution < -0.4 is 0 Å². The second-order valence-electron chi connectivity index (χ2n) is 6.94. The van der Waals surface area contributed by atoms with Crippen molar-refractivity contribution in [3.05, 3.63) is 85.1 Å². The highest BCUT2D eigenvalue weighted by Gasteiger charge is 2.22. The van der Waals surface area contributed by atoms with Crippen molar-refractivity contribution in [3.63, 3.8) is 0 Å². The van der Waals surface area contributed by atoms with E-state index in [2.05, 4.69) is 9.97 Å². The lowest BCUT2D eigenvalue weighted by molar-refractivity contribution is 0.0675. The van der Waals surface area contributed by atoms with Gasteiger partial charge in [-0.15, -0.1) is 0 Å². The van der Waals surface area contributed by atoms with Gasteiger partial charge in [-0.3, -0.25) is 0 Å². The van der Waals surface area contributed by atoms with Crippen molar-refractivity contribution in [2.75, 3.05) is 13.2 Å². The van der Waals surface area contributed by atoms with Gasteiger partial charge in [0.1, 0.15) is 0 Å². The first kappa shape index (κ1) is 19.1. The van der Waals surface area contributed by atoms with Crippen LogP contribution in [0.5, 0.6) is 0 Å². The third-order valence-electron chi connectivity index (χ3n) is 4.93. The molecule has 0 saturated carbocycles. The molecule has 0 saturated heterocycles. The Bertz CT molecular complexity index is 1040. The standard InChI is InChI=1S/C23H24N4O2/c1-26-16-24-12-21(26)23-22(19-10-6-3-7-11-19)25-17-27(23)20(13-28)15-29-14-18-8-4-2-5-9-18/h2-12,16-17,20,28H,13-15H2,1H3/t20-/m1/s1. The van der Waals surface area contributed by atoms with Gasteiger partial charge in [-0.2, -0.15) is 0 Å². The summed E-state index contributed by atoms with van der Waals surface area (Å²) in [6.45, 7) is 0.823. The molecule has 0 spiro atoms. The minimum absolute atomic E-state index is 0.0514. The highest BCUT2D eigenvalue weighted by atomic mass is 16.5. The Kier molecular flexibility index (Phi) is 5.84. The van der Waals surface area contributed by atoms with Crippen LogP contribution in [-0.4, -0.2) is 37.4 Å². The zero-order valence-electron chi connectivity index (χ0n) is 16.3. The number of hydrogen-bond donors (Lipinski definition) is 1. The van der Waals surface area contributed by atoms with E-state index in [1.807, 2.05) is 83.0 Å². The fourth-order valence-electron chi connectivity index (χ4n) is 3.39. The molecule has 2 aromatic carbocycles. The highest BCUT2D eigenvalue weighted by Crippen LogP contribution is 2.33. The molecule has 2 heterocycles. The van der Waals surface area contributed by atoms with Crippen LogP contribution in [-0.2, 0) is 18.4 Å². The van der Waals surface area contributed by atoms with E-state index in [0.29, 0.717) is 13.2 Å². The molecule has 1 atom stereocenters. The molecule has 4 aromatic rings. The van der Waals surface area contributed by atoms with E-state index >= 15 is 0 Å². The van der Waals surface area contributed by atoms with Crippen LogP contribution >= 0.6 is 0 Å². The van der Waals surface area contributed by atoms with Crippen molar-refractivity contribution in [2.24, 2.45) is 7.05 Å². The van der Waals surface area contributed by atoms with Crippen molar-refractivity contribution in [3.8, 4) is 22.6 Å². The van der Waals surface area contributed by atoms with E-state index in [9.17, 15) is 5.11 Å². The van der Waals surface area contributed by atoms with Crippen LogP contribution in [0.4, 0.5) is 0 Å². The predicted molar refractivity (Wildman–Crippen MR) is 112 cm³/mol. The van der Waals surface area contributed by atoms with Gasteiger partial charge in [0.05, 0.1) is 61.8 Å². The maximum Gasteiger partial charge on any atom is 0.0979 e. The smallest absolute Gasteiger partial charge is 0.0979 e. The van der Waals surface area contributed by atoms with Crippen molar-refractivity contribution in [1.29, 1.82) is 0 Å².